The van der Waals surface area contributed by atoms with Crippen LogP contribution in [0.15, 0.2) is 18.2 Å². The zero-order valence-corrected chi connectivity index (χ0v) is 13.1. The lowest BCUT2D eigenvalue weighted by Gasteiger charge is -2.18. The first-order chi connectivity index (χ1) is 9.35. The number of halogens is 1. The maximum atomic E-state index is 11.9. The van der Waals surface area contributed by atoms with Gasteiger partial charge < -0.3 is 10.1 Å². The second-order valence-corrected chi connectivity index (χ2v) is 6.81. The third kappa shape index (κ3) is 4.14. The number of hydrogen-bond acceptors (Lipinski definition) is 2. The molecule has 110 valence electrons. The third-order valence-corrected chi connectivity index (χ3v) is 4.06. The number of carbonyl (C=O) groups is 1. The molecular weight excluding hydrogens is 274 g/mol. The Hall–Kier alpha value is -1.22. The molecule has 4 heteroatoms. The number of nitrogens with one attached hydrogen (secondary N) is 1. The Morgan fingerprint density at radius 1 is 1.50 bits per heavy atom. The molecule has 1 fully saturated rings. The summed E-state index contributed by atoms with van der Waals surface area (Å²) in [7, 11) is 0. The number of benzene rings is 1. The maximum Gasteiger partial charge on any atom is 0.258 e. The van der Waals surface area contributed by atoms with Crippen LogP contribution in [0.5, 0.6) is 5.75 Å². The first-order valence-corrected chi connectivity index (χ1v) is 7.42. The van der Waals surface area contributed by atoms with Gasteiger partial charge in [0.1, 0.15) is 5.75 Å². The highest BCUT2D eigenvalue weighted by molar-refractivity contribution is 6.30. The standard InChI is InChI=1S/C16H22ClNO2/c1-11-8-12(17)4-5-14(11)20-10-15(19)18-13-6-7-16(2,3)9-13/h4-5,8,13H,6-7,9-10H2,1-3H3,(H,18,19). The maximum absolute atomic E-state index is 11.9. The van der Waals surface area contributed by atoms with Crippen molar-refractivity contribution in [2.45, 2.75) is 46.1 Å². The van der Waals surface area contributed by atoms with E-state index in [2.05, 4.69) is 19.2 Å². The highest BCUT2D eigenvalue weighted by Crippen LogP contribution is 2.36. The van der Waals surface area contributed by atoms with Gasteiger partial charge in [0.05, 0.1) is 0 Å². The molecule has 1 aliphatic carbocycles. The first-order valence-electron chi connectivity index (χ1n) is 7.04. The van der Waals surface area contributed by atoms with Crippen LogP contribution in [0, 0.1) is 12.3 Å². The van der Waals surface area contributed by atoms with Crippen molar-refractivity contribution in [2.75, 3.05) is 6.61 Å². The van der Waals surface area contributed by atoms with Gasteiger partial charge in [-0.05, 0) is 55.4 Å². The van der Waals surface area contributed by atoms with E-state index >= 15 is 0 Å². The molecule has 2 rings (SSSR count). The molecule has 1 atom stereocenters. The van der Waals surface area contributed by atoms with Crippen molar-refractivity contribution in [3.8, 4) is 5.75 Å². The summed E-state index contributed by atoms with van der Waals surface area (Å²) in [5.74, 6) is 0.651. The van der Waals surface area contributed by atoms with Crippen molar-refractivity contribution in [3.05, 3.63) is 28.8 Å². The number of aryl methyl sites for hydroxylation is 1. The van der Waals surface area contributed by atoms with E-state index in [4.69, 9.17) is 16.3 Å². The number of ether oxygens (including phenoxy) is 1. The van der Waals surface area contributed by atoms with Crippen LogP contribution in [0.3, 0.4) is 0 Å². The summed E-state index contributed by atoms with van der Waals surface area (Å²) >= 11 is 5.88. The minimum Gasteiger partial charge on any atom is -0.484 e. The summed E-state index contributed by atoms with van der Waals surface area (Å²) in [5, 5.41) is 3.72. The summed E-state index contributed by atoms with van der Waals surface area (Å²) in [5.41, 5.74) is 1.28. The average Bonchev–Trinajstić information content (AvgIpc) is 2.67. The van der Waals surface area contributed by atoms with Crippen molar-refractivity contribution in [2.24, 2.45) is 5.41 Å². The average molecular weight is 296 g/mol. The lowest BCUT2D eigenvalue weighted by Crippen LogP contribution is -2.36. The predicted octanol–water partition coefficient (Wildman–Crippen LogP) is 3.72. The molecule has 0 saturated heterocycles. The lowest BCUT2D eigenvalue weighted by atomic mass is 9.92. The minimum atomic E-state index is -0.0537. The summed E-state index contributed by atoms with van der Waals surface area (Å²) in [4.78, 5) is 11.9. The van der Waals surface area contributed by atoms with Gasteiger partial charge >= 0.3 is 0 Å². The second-order valence-electron chi connectivity index (χ2n) is 6.37. The largest absolute Gasteiger partial charge is 0.484 e. The molecule has 0 heterocycles. The summed E-state index contributed by atoms with van der Waals surface area (Å²) in [6, 6.07) is 5.67. The molecular formula is C16H22ClNO2. The van der Waals surface area contributed by atoms with E-state index in [0.29, 0.717) is 16.2 Å². The number of rotatable bonds is 4. The van der Waals surface area contributed by atoms with Crippen LogP contribution < -0.4 is 10.1 Å². The van der Waals surface area contributed by atoms with E-state index in [-0.39, 0.29) is 18.6 Å². The van der Waals surface area contributed by atoms with Crippen molar-refractivity contribution in [3.63, 3.8) is 0 Å². The van der Waals surface area contributed by atoms with E-state index in [1.807, 2.05) is 13.0 Å². The molecule has 0 radical (unpaired) electrons. The van der Waals surface area contributed by atoms with Crippen molar-refractivity contribution in [1.29, 1.82) is 0 Å². The van der Waals surface area contributed by atoms with Gasteiger partial charge in [-0.2, -0.15) is 0 Å². The lowest BCUT2D eigenvalue weighted by molar-refractivity contribution is -0.123. The fraction of sp³-hybridized carbons (Fsp3) is 0.562. The zero-order chi connectivity index (χ0) is 14.8. The van der Waals surface area contributed by atoms with Crippen LogP contribution in [-0.2, 0) is 4.79 Å². The topological polar surface area (TPSA) is 38.3 Å². The van der Waals surface area contributed by atoms with Crippen LogP contribution in [0.1, 0.15) is 38.7 Å². The zero-order valence-electron chi connectivity index (χ0n) is 12.3. The van der Waals surface area contributed by atoms with Crippen LogP contribution in [0.25, 0.3) is 0 Å². The Bertz CT molecular complexity index is 499. The molecule has 20 heavy (non-hydrogen) atoms. The quantitative estimate of drug-likeness (QED) is 0.919. The number of amides is 1. The Morgan fingerprint density at radius 3 is 2.85 bits per heavy atom. The van der Waals surface area contributed by atoms with E-state index in [1.165, 1.54) is 0 Å². The molecule has 1 aromatic carbocycles. The Kier molecular flexibility index (Phi) is 4.59. The first kappa shape index (κ1) is 15.2. The summed E-state index contributed by atoms with van der Waals surface area (Å²) in [6.07, 6.45) is 3.26. The monoisotopic (exact) mass is 295 g/mol. The molecule has 1 aliphatic rings. The van der Waals surface area contributed by atoms with Gasteiger partial charge in [-0.3, -0.25) is 4.79 Å². The van der Waals surface area contributed by atoms with Crippen molar-refractivity contribution >= 4 is 17.5 Å². The normalized spacial score (nSPS) is 20.7. The number of hydrogen-bond donors (Lipinski definition) is 1. The van der Waals surface area contributed by atoms with E-state index < -0.39 is 0 Å². The molecule has 1 saturated carbocycles. The third-order valence-electron chi connectivity index (χ3n) is 3.83. The second kappa shape index (κ2) is 6.04. The van der Waals surface area contributed by atoms with Gasteiger partial charge in [-0.15, -0.1) is 0 Å². The Balaban J connectivity index is 1.81. The van der Waals surface area contributed by atoms with Gasteiger partial charge in [-0.1, -0.05) is 25.4 Å². The van der Waals surface area contributed by atoms with Crippen LogP contribution in [0.4, 0.5) is 0 Å². The van der Waals surface area contributed by atoms with Crippen molar-refractivity contribution < 1.29 is 9.53 Å². The molecule has 3 nitrogen and oxygen atoms in total. The molecule has 0 aliphatic heterocycles. The minimum absolute atomic E-state index is 0.0537. The number of carbonyl (C=O) groups excluding carboxylic acids is 1. The van der Waals surface area contributed by atoms with Gasteiger partial charge in [0.15, 0.2) is 6.61 Å². The Morgan fingerprint density at radius 2 is 2.25 bits per heavy atom. The van der Waals surface area contributed by atoms with E-state index in [0.717, 1.165) is 24.8 Å². The van der Waals surface area contributed by atoms with Crippen LogP contribution in [0.2, 0.25) is 5.02 Å². The highest BCUT2D eigenvalue weighted by atomic mass is 35.5. The highest BCUT2D eigenvalue weighted by Gasteiger charge is 2.31. The van der Waals surface area contributed by atoms with Gasteiger partial charge in [-0.25, -0.2) is 0 Å². The van der Waals surface area contributed by atoms with Crippen LogP contribution in [-0.4, -0.2) is 18.6 Å². The molecule has 1 N–H and O–H groups in total. The molecule has 0 bridgehead atoms. The summed E-state index contributed by atoms with van der Waals surface area (Å²) < 4.78 is 5.55. The van der Waals surface area contributed by atoms with Gasteiger partial charge in [0.2, 0.25) is 0 Å². The predicted molar refractivity (Wildman–Crippen MR) is 81.2 cm³/mol. The fourth-order valence-corrected chi connectivity index (χ4v) is 2.97. The smallest absolute Gasteiger partial charge is 0.258 e. The van der Waals surface area contributed by atoms with Crippen molar-refractivity contribution in [1.82, 2.24) is 5.32 Å². The molecule has 1 unspecified atom stereocenters. The summed E-state index contributed by atoms with van der Waals surface area (Å²) in [6.45, 7) is 6.46. The molecule has 0 spiro atoms. The van der Waals surface area contributed by atoms with Crippen LogP contribution >= 0.6 is 11.6 Å². The fourth-order valence-electron chi connectivity index (χ4n) is 2.75. The van der Waals surface area contributed by atoms with E-state index in [9.17, 15) is 4.79 Å². The molecule has 1 amide bonds. The molecule has 1 aromatic rings. The van der Waals surface area contributed by atoms with Gasteiger partial charge in [0, 0.05) is 11.1 Å². The Labute approximate surface area is 125 Å². The van der Waals surface area contributed by atoms with Gasteiger partial charge in [0.25, 0.3) is 5.91 Å². The SMILES string of the molecule is Cc1cc(Cl)ccc1OCC(=O)NC1CCC(C)(C)C1. The molecule has 0 aromatic heterocycles. The van der Waals surface area contributed by atoms with E-state index in [1.54, 1.807) is 12.1 Å².